The van der Waals surface area contributed by atoms with Crippen molar-refractivity contribution in [1.82, 2.24) is 10.6 Å². The fraction of sp³-hybridized carbons (Fsp3) is 0.308. The van der Waals surface area contributed by atoms with Gasteiger partial charge in [-0.2, -0.15) is 0 Å². The lowest BCUT2D eigenvalue weighted by Gasteiger charge is -2.18. The van der Waals surface area contributed by atoms with Gasteiger partial charge in [0.25, 0.3) is 5.91 Å². The van der Waals surface area contributed by atoms with Crippen LogP contribution in [-0.2, 0) is 9.59 Å². The van der Waals surface area contributed by atoms with E-state index in [2.05, 4.69) is 29.5 Å². The molecule has 0 aromatic heterocycles. The van der Waals surface area contributed by atoms with E-state index >= 15 is 0 Å². The molecular weight excluding hydrogens is 448 g/mol. The second-order valence-electron chi connectivity index (χ2n) is 8.31. The molecule has 7 nitrogen and oxygen atoms in total. The molecule has 0 unspecified atom stereocenters. The Bertz CT molecular complexity index is 1110. The van der Waals surface area contributed by atoms with Gasteiger partial charge in [-0.05, 0) is 48.6 Å². The van der Waals surface area contributed by atoms with Gasteiger partial charge in [-0.1, -0.05) is 74.5 Å². The van der Waals surface area contributed by atoms with Gasteiger partial charge in [0.05, 0.1) is 11.4 Å². The van der Waals surface area contributed by atoms with Gasteiger partial charge in [0, 0.05) is 6.54 Å². The topological polar surface area (TPSA) is 90.9 Å². The maximum atomic E-state index is 13.3. The lowest BCUT2D eigenvalue weighted by atomic mass is 10.0. The highest BCUT2D eigenvalue weighted by atomic mass is 32.2. The number of carbonyl (C=O) groups excluding carboxylic acids is 3. The number of imide groups is 1. The summed E-state index contributed by atoms with van der Waals surface area (Å²) in [6, 6.07) is 15.0. The van der Waals surface area contributed by atoms with Crippen LogP contribution in [-0.4, -0.2) is 35.3 Å². The number of hydrogen-bond acceptors (Lipinski definition) is 5. The molecule has 3 rings (SSSR count). The number of nitrogens with zero attached hydrogens (tertiary/aromatic N) is 2. The van der Waals surface area contributed by atoms with Crippen LogP contribution in [0, 0.1) is 6.92 Å². The Morgan fingerprint density at radius 1 is 1.09 bits per heavy atom. The average Bonchev–Trinajstić information content (AvgIpc) is 3.12. The number of amides is 4. The number of anilines is 1. The van der Waals surface area contributed by atoms with E-state index in [-0.39, 0.29) is 11.7 Å². The lowest BCUT2D eigenvalue weighted by molar-refractivity contribution is -0.117. The Morgan fingerprint density at radius 2 is 1.76 bits per heavy atom. The number of aliphatic imine (C=N–C) groups is 1. The SMILES string of the molecule is CCCNC(=O)NC(=O)CSC1=NC(=Cc2ccc(C(C)C)cc2)C(=O)N1c1ccc(C)cc1. The summed E-state index contributed by atoms with van der Waals surface area (Å²) in [5, 5.41) is 5.29. The fourth-order valence-electron chi connectivity index (χ4n) is 3.23. The van der Waals surface area contributed by atoms with Crippen LogP contribution < -0.4 is 15.5 Å². The molecule has 4 amide bonds. The summed E-state index contributed by atoms with van der Waals surface area (Å²) < 4.78 is 0. The number of benzene rings is 2. The van der Waals surface area contributed by atoms with Crippen molar-refractivity contribution < 1.29 is 14.4 Å². The zero-order valence-corrected chi connectivity index (χ0v) is 20.7. The molecule has 1 aliphatic heterocycles. The number of carbonyl (C=O) groups is 3. The number of amidine groups is 1. The van der Waals surface area contributed by atoms with Gasteiger partial charge in [-0.25, -0.2) is 9.79 Å². The summed E-state index contributed by atoms with van der Waals surface area (Å²) in [5.41, 5.74) is 4.12. The van der Waals surface area contributed by atoms with Gasteiger partial charge in [-0.3, -0.25) is 19.8 Å². The monoisotopic (exact) mass is 478 g/mol. The predicted octanol–water partition coefficient (Wildman–Crippen LogP) is 4.83. The summed E-state index contributed by atoms with van der Waals surface area (Å²) in [4.78, 5) is 43.3. The van der Waals surface area contributed by atoms with Gasteiger partial charge in [-0.15, -0.1) is 0 Å². The highest BCUT2D eigenvalue weighted by Gasteiger charge is 2.32. The van der Waals surface area contributed by atoms with E-state index in [9.17, 15) is 14.4 Å². The van der Waals surface area contributed by atoms with Crippen LogP contribution in [0.15, 0.2) is 59.2 Å². The first-order valence-corrected chi connectivity index (χ1v) is 12.3. The first-order valence-electron chi connectivity index (χ1n) is 11.3. The Morgan fingerprint density at radius 3 is 2.38 bits per heavy atom. The summed E-state index contributed by atoms with van der Waals surface area (Å²) in [5.74, 6) is -0.354. The van der Waals surface area contributed by atoms with E-state index in [0.29, 0.717) is 29.0 Å². The molecule has 0 spiro atoms. The van der Waals surface area contributed by atoms with E-state index in [0.717, 1.165) is 29.3 Å². The van der Waals surface area contributed by atoms with Crippen molar-refractivity contribution in [3.8, 4) is 0 Å². The van der Waals surface area contributed by atoms with Gasteiger partial charge >= 0.3 is 6.03 Å². The van der Waals surface area contributed by atoms with Crippen molar-refractivity contribution in [1.29, 1.82) is 0 Å². The van der Waals surface area contributed by atoms with E-state index in [4.69, 9.17) is 0 Å². The molecule has 2 N–H and O–H groups in total. The van der Waals surface area contributed by atoms with Crippen molar-refractivity contribution >= 4 is 46.5 Å². The van der Waals surface area contributed by atoms with Gasteiger partial charge in [0.15, 0.2) is 5.17 Å². The maximum absolute atomic E-state index is 13.3. The second-order valence-corrected chi connectivity index (χ2v) is 9.26. The average molecular weight is 479 g/mol. The third kappa shape index (κ3) is 6.57. The predicted molar refractivity (Wildman–Crippen MR) is 139 cm³/mol. The first-order chi connectivity index (χ1) is 16.3. The van der Waals surface area contributed by atoms with Crippen LogP contribution in [0.3, 0.4) is 0 Å². The normalized spacial score (nSPS) is 14.5. The van der Waals surface area contributed by atoms with Gasteiger partial charge in [0.2, 0.25) is 5.91 Å². The third-order valence-corrected chi connectivity index (χ3v) is 6.09. The number of rotatable bonds is 7. The molecule has 8 heteroatoms. The van der Waals surface area contributed by atoms with E-state index in [1.54, 1.807) is 6.08 Å². The second kappa shape index (κ2) is 11.7. The maximum Gasteiger partial charge on any atom is 0.321 e. The number of urea groups is 1. The van der Waals surface area contributed by atoms with Gasteiger partial charge < -0.3 is 5.32 Å². The molecule has 34 heavy (non-hydrogen) atoms. The van der Waals surface area contributed by atoms with Crippen LogP contribution in [0.25, 0.3) is 6.08 Å². The highest BCUT2D eigenvalue weighted by molar-refractivity contribution is 8.14. The fourth-order valence-corrected chi connectivity index (χ4v) is 4.04. The lowest BCUT2D eigenvalue weighted by Crippen LogP contribution is -2.41. The zero-order valence-electron chi connectivity index (χ0n) is 19.9. The smallest absolute Gasteiger partial charge is 0.321 e. The Kier molecular flexibility index (Phi) is 8.65. The molecule has 1 aliphatic rings. The first kappa shape index (κ1) is 25.2. The molecule has 178 valence electrons. The number of nitrogens with one attached hydrogen (secondary N) is 2. The number of thioether (sulfide) groups is 1. The van der Waals surface area contributed by atoms with E-state index in [1.807, 2.05) is 62.4 Å². The standard InChI is InChI=1S/C26H30N4O3S/c1-5-14-27-25(33)29-23(31)16-34-26-28-22(15-19-8-10-20(11-9-19)17(2)3)24(32)30(26)21-12-6-18(4)7-13-21/h6-13,15,17H,5,14,16H2,1-4H3,(H2,27,29,31,33). The highest BCUT2D eigenvalue weighted by Crippen LogP contribution is 2.30. The van der Waals surface area contributed by atoms with Crippen molar-refractivity contribution in [2.75, 3.05) is 17.2 Å². The molecule has 0 atom stereocenters. The van der Waals surface area contributed by atoms with Crippen LogP contribution in [0.1, 0.15) is 49.8 Å². The molecule has 0 radical (unpaired) electrons. The van der Waals surface area contributed by atoms with E-state index < -0.39 is 11.9 Å². The largest absolute Gasteiger partial charge is 0.338 e. The van der Waals surface area contributed by atoms with Crippen molar-refractivity contribution in [2.24, 2.45) is 4.99 Å². The van der Waals surface area contributed by atoms with Crippen molar-refractivity contribution in [2.45, 2.75) is 40.0 Å². The Hall–Kier alpha value is -3.39. The molecular formula is C26H30N4O3S. The molecule has 0 fully saturated rings. The minimum Gasteiger partial charge on any atom is -0.338 e. The minimum atomic E-state index is -0.530. The quantitative estimate of drug-likeness (QED) is 0.558. The van der Waals surface area contributed by atoms with Crippen molar-refractivity contribution in [3.63, 3.8) is 0 Å². The molecule has 0 saturated carbocycles. The molecule has 0 bridgehead atoms. The van der Waals surface area contributed by atoms with E-state index in [1.165, 1.54) is 10.5 Å². The molecule has 0 aliphatic carbocycles. The van der Waals surface area contributed by atoms with Crippen LogP contribution in [0.5, 0.6) is 0 Å². The van der Waals surface area contributed by atoms with Crippen LogP contribution in [0.4, 0.5) is 10.5 Å². The minimum absolute atomic E-state index is 0.0512. The number of hydrogen-bond donors (Lipinski definition) is 2. The summed E-state index contributed by atoms with van der Waals surface area (Å²) in [7, 11) is 0. The third-order valence-electron chi connectivity index (χ3n) is 5.15. The van der Waals surface area contributed by atoms with Gasteiger partial charge in [0.1, 0.15) is 5.70 Å². The number of aryl methyl sites for hydroxylation is 1. The van der Waals surface area contributed by atoms with Crippen LogP contribution in [0.2, 0.25) is 0 Å². The van der Waals surface area contributed by atoms with Crippen molar-refractivity contribution in [3.05, 3.63) is 70.9 Å². The molecule has 1 heterocycles. The molecule has 0 saturated heterocycles. The zero-order chi connectivity index (χ0) is 24.7. The summed E-state index contributed by atoms with van der Waals surface area (Å²) in [6.45, 7) is 8.65. The summed E-state index contributed by atoms with van der Waals surface area (Å²) in [6.07, 6.45) is 2.52. The summed E-state index contributed by atoms with van der Waals surface area (Å²) >= 11 is 1.11. The molecule has 2 aromatic carbocycles. The Balaban J connectivity index is 1.81. The molecule has 2 aromatic rings. The van der Waals surface area contributed by atoms with Crippen LogP contribution >= 0.6 is 11.8 Å². The Labute approximate surface area is 204 Å².